The highest BCUT2D eigenvalue weighted by molar-refractivity contribution is 6.33. The van der Waals surface area contributed by atoms with Gasteiger partial charge in [0.25, 0.3) is 5.91 Å². The van der Waals surface area contributed by atoms with E-state index in [1.54, 1.807) is 0 Å². The van der Waals surface area contributed by atoms with Gasteiger partial charge in [-0.25, -0.2) is 4.39 Å². The molecule has 3 nitrogen and oxygen atoms in total. The predicted molar refractivity (Wildman–Crippen MR) is 96.7 cm³/mol. The summed E-state index contributed by atoms with van der Waals surface area (Å²) in [6.07, 6.45) is 1.61. The minimum absolute atomic E-state index is 0.102. The number of hydrogen-bond donors (Lipinski definition) is 1. The summed E-state index contributed by atoms with van der Waals surface area (Å²) in [4.78, 5) is 12.5. The summed E-state index contributed by atoms with van der Waals surface area (Å²) in [6, 6.07) is 12.6. The number of halogens is 2. The zero-order valence-electron chi connectivity index (χ0n) is 14.1. The first kappa shape index (κ1) is 17.9. The van der Waals surface area contributed by atoms with Gasteiger partial charge in [0.05, 0.1) is 10.6 Å². The fourth-order valence-electron chi connectivity index (χ4n) is 3.29. The molecule has 1 amide bonds. The molecule has 1 N–H and O–H groups in total. The maximum atomic E-state index is 14.0. The molecule has 0 unspecified atom stereocenters. The highest BCUT2D eigenvalue weighted by Gasteiger charge is 2.35. The van der Waals surface area contributed by atoms with E-state index in [0.717, 1.165) is 12.8 Å². The topological polar surface area (TPSA) is 38.3 Å². The van der Waals surface area contributed by atoms with Crippen LogP contribution in [-0.2, 0) is 10.2 Å². The van der Waals surface area contributed by atoms with Gasteiger partial charge < -0.3 is 10.1 Å². The Hall–Kier alpha value is -1.91. The van der Waals surface area contributed by atoms with E-state index in [1.165, 1.54) is 29.3 Å². The summed E-state index contributed by atoms with van der Waals surface area (Å²) >= 11 is 5.99. The van der Waals surface area contributed by atoms with Crippen LogP contribution in [0.5, 0.6) is 0 Å². The van der Waals surface area contributed by atoms with Crippen molar-refractivity contribution in [2.24, 2.45) is 0 Å². The number of amides is 1. The Morgan fingerprint density at radius 3 is 2.52 bits per heavy atom. The summed E-state index contributed by atoms with van der Waals surface area (Å²) in [5, 5.41) is 3.00. The van der Waals surface area contributed by atoms with Crippen LogP contribution in [0, 0.1) is 12.7 Å². The lowest BCUT2D eigenvalue weighted by atomic mass is 9.74. The molecule has 5 heteroatoms. The van der Waals surface area contributed by atoms with Crippen LogP contribution in [-0.4, -0.2) is 25.7 Å². The number of aryl methyl sites for hydroxylation is 1. The zero-order chi connectivity index (χ0) is 17.9. The molecular weight excluding hydrogens is 341 g/mol. The SMILES string of the molecule is Cc1ccc(C2(CNC(=O)c3c(F)cccc3Cl)CCOCC2)cc1. The fourth-order valence-corrected chi connectivity index (χ4v) is 3.54. The molecule has 1 aliphatic heterocycles. The van der Waals surface area contributed by atoms with Crippen LogP contribution in [0.25, 0.3) is 0 Å². The lowest BCUT2D eigenvalue weighted by molar-refractivity contribution is 0.0486. The molecule has 1 aliphatic rings. The molecule has 0 spiro atoms. The Morgan fingerprint density at radius 1 is 1.20 bits per heavy atom. The van der Waals surface area contributed by atoms with E-state index in [-0.39, 0.29) is 16.0 Å². The van der Waals surface area contributed by atoms with Crippen molar-refractivity contribution in [2.75, 3.05) is 19.8 Å². The van der Waals surface area contributed by atoms with Crippen LogP contribution in [0.2, 0.25) is 5.02 Å². The van der Waals surface area contributed by atoms with Crippen molar-refractivity contribution in [3.05, 3.63) is 70.0 Å². The van der Waals surface area contributed by atoms with Crippen molar-refractivity contribution in [3.8, 4) is 0 Å². The Balaban J connectivity index is 1.82. The molecule has 2 aromatic rings. The van der Waals surface area contributed by atoms with Crippen LogP contribution in [0.3, 0.4) is 0 Å². The molecule has 1 heterocycles. The van der Waals surface area contributed by atoms with Gasteiger partial charge in [-0.3, -0.25) is 4.79 Å². The van der Waals surface area contributed by atoms with Crippen molar-refractivity contribution in [1.29, 1.82) is 0 Å². The first-order valence-electron chi connectivity index (χ1n) is 8.39. The van der Waals surface area contributed by atoms with Gasteiger partial charge in [0.1, 0.15) is 5.82 Å². The minimum Gasteiger partial charge on any atom is -0.381 e. The van der Waals surface area contributed by atoms with Gasteiger partial charge in [-0.15, -0.1) is 0 Å². The van der Waals surface area contributed by atoms with E-state index in [2.05, 4.69) is 29.6 Å². The van der Waals surface area contributed by atoms with Crippen LogP contribution >= 0.6 is 11.6 Å². The van der Waals surface area contributed by atoms with Crippen molar-refractivity contribution < 1.29 is 13.9 Å². The van der Waals surface area contributed by atoms with Gasteiger partial charge in [0.2, 0.25) is 0 Å². The predicted octanol–water partition coefficient (Wildman–Crippen LogP) is 4.27. The summed E-state index contributed by atoms with van der Waals surface area (Å²) in [5.41, 5.74) is 2.05. The van der Waals surface area contributed by atoms with E-state index in [0.29, 0.717) is 19.8 Å². The number of rotatable bonds is 4. The Kier molecular flexibility index (Phi) is 5.40. The highest BCUT2D eigenvalue weighted by atomic mass is 35.5. The molecule has 0 aliphatic carbocycles. The average molecular weight is 362 g/mol. The molecule has 132 valence electrons. The fraction of sp³-hybridized carbons (Fsp3) is 0.350. The molecule has 25 heavy (non-hydrogen) atoms. The van der Waals surface area contributed by atoms with Gasteiger partial charge in [-0.2, -0.15) is 0 Å². The first-order chi connectivity index (χ1) is 12.0. The van der Waals surface area contributed by atoms with Gasteiger partial charge in [0, 0.05) is 25.2 Å². The molecule has 0 atom stereocenters. The number of nitrogens with one attached hydrogen (secondary N) is 1. The van der Waals surface area contributed by atoms with E-state index < -0.39 is 11.7 Å². The van der Waals surface area contributed by atoms with E-state index in [9.17, 15) is 9.18 Å². The van der Waals surface area contributed by atoms with Crippen molar-refractivity contribution in [3.63, 3.8) is 0 Å². The van der Waals surface area contributed by atoms with Gasteiger partial charge in [-0.1, -0.05) is 47.5 Å². The van der Waals surface area contributed by atoms with Crippen LogP contribution in [0.1, 0.15) is 34.3 Å². The summed E-state index contributed by atoms with van der Waals surface area (Å²) in [5.74, 6) is -1.09. The number of hydrogen-bond acceptors (Lipinski definition) is 2. The lowest BCUT2D eigenvalue weighted by Gasteiger charge is -2.38. The molecule has 0 saturated carbocycles. The van der Waals surface area contributed by atoms with E-state index in [4.69, 9.17) is 16.3 Å². The molecule has 0 aromatic heterocycles. The van der Waals surface area contributed by atoms with Gasteiger partial charge in [0.15, 0.2) is 0 Å². The maximum absolute atomic E-state index is 14.0. The first-order valence-corrected chi connectivity index (χ1v) is 8.77. The number of carbonyl (C=O) groups excluding carboxylic acids is 1. The number of carbonyl (C=O) groups is 1. The van der Waals surface area contributed by atoms with E-state index in [1.807, 2.05) is 6.92 Å². The summed E-state index contributed by atoms with van der Waals surface area (Å²) < 4.78 is 19.5. The second-order valence-corrected chi connectivity index (χ2v) is 6.95. The molecule has 0 radical (unpaired) electrons. The molecule has 1 saturated heterocycles. The zero-order valence-corrected chi connectivity index (χ0v) is 14.9. The summed E-state index contributed by atoms with van der Waals surface area (Å²) in [7, 11) is 0. The Labute approximate surface area is 152 Å². The quantitative estimate of drug-likeness (QED) is 0.883. The monoisotopic (exact) mass is 361 g/mol. The highest BCUT2D eigenvalue weighted by Crippen LogP contribution is 2.34. The van der Waals surface area contributed by atoms with Gasteiger partial charge >= 0.3 is 0 Å². The average Bonchev–Trinajstić information content (AvgIpc) is 2.61. The molecule has 0 bridgehead atoms. The van der Waals surface area contributed by atoms with Crippen molar-refractivity contribution in [2.45, 2.75) is 25.2 Å². The molecule has 2 aromatic carbocycles. The number of benzene rings is 2. The lowest BCUT2D eigenvalue weighted by Crippen LogP contribution is -2.44. The van der Waals surface area contributed by atoms with E-state index >= 15 is 0 Å². The summed E-state index contributed by atoms with van der Waals surface area (Å²) in [6.45, 7) is 3.75. The second kappa shape index (κ2) is 7.54. The third kappa shape index (κ3) is 3.86. The number of ether oxygens (including phenoxy) is 1. The third-order valence-corrected chi connectivity index (χ3v) is 5.21. The van der Waals surface area contributed by atoms with Crippen LogP contribution < -0.4 is 5.32 Å². The molecule has 3 rings (SSSR count). The smallest absolute Gasteiger partial charge is 0.255 e. The normalized spacial score (nSPS) is 16.4. The third-order valence-electron chi connectivity index (χ3n) is 4.89. The maximum Gasteiger partial charge on any atom is 0.255 e. The molecule has 1 fully saturated rings. The second-order valence-electron chi connectivity index (χ2n) is 6.54. The van der Waals surface area contributed by atoms with Crippen molar-refractivity contribution >= 4 is 17.5 Å². The van der Waals surface area contributed by atoms with Crippen molar-refractivity contribution in [1.82, 2.24) is 5.32 Å². The molecular formula is C20H21ClFNO2. The standard InChI is InChI=1S/C20H21ClFNO2/c1-14-5-7-15(8-6-14)20(9-11-25-12-10-20)13-23-19(24)18-16(21)3-2-4-17(18)22/h2-8H,9-13H2,1H3,(H,23,24). The minimum atomic E-state index is -0.610. The van der Waals surface area contributed by atoms with Crippen LogP contribution in [0.15, 0.2) is 42.5 Å². The van der Waals surface area contributed by atoms with Gasteiger partial charge in [-0.05, 0) is 37.5 Å². The Morgan fingerprint density at radius 2 is 1.88 bits per heavy atom. The van der Waals surface area contributed by atoms with Crippen LogP contribution in [0.4, 0.5) is 4.39 Å². The Bertz CT molecular complexity index is 735. The largest absolute Gasteiger partial charge is 0.381 e.